The lowest BCUT2D eigenvalue weighted by Crippen LogP contribution is -2.19. The first-order chi connectivity index (χ1) is 15.6. The molecule has 0 bridgehead atoms. The molecular formula is C22H16ClFN4OS3. The molecule has 1 N–H and O–H groups in total. The summed E-state index contributed by atoms with van der Waals surface area (Å²) in [6.07, 6.45) is 1.19. The van der Waals surface area contributed by atoms with Crippen molar-refractivity contribution in [2.24, 2.45) is 5.10 Å². The molecular weight excluding hydrogens is 487 g/mol. The smallest absolute Gasteiger partial charge is 0.250 e. The van der Waals surface area contributed by atoms with Crippen LogP contribution in [0.15, 0.2) is 74.4 Å². The van der Waals surface area contributed by atoms with E-state index in [-0.39, 0.29) is 22.2 Å². The number of aromatic nitrogens is 2. The average molecular weight is 503 g/mol. The number of nitrogens with one attached hydrogen (secondary N) is 1. The van der Waals surface area contributed by atoms with Gasteiger partial charge in [-0.25, -0.2) is 9.82 Å². The Kier molecular flexibility index (Phi) is 7.75. The van der Waals surface area contributed by atoms with Gasteiger partial charge in [0.25, 0.3) is 5.91 Å². The Balaban J connectivity index is 1.27. The predicted molar refractivity (Wildman–Crippen MR) is 131 cm³/mol. The molecule has 10 heteroatoms. The number of nitrogens with zero attached hydrogens (tertiary/aromatic N) is 3. The SMILES string of the molecule is O=C(CSc1nnc(SCc2cccc3ccccc23)s1)N/N=C/c1c(F)cccc1Cl. The van der Waals surface area contributed by atoms with E-state index in [0.29, 0.717) is 4.34 Å². The summed E-state index contributed by atoms with van der Waals surface area (Å²) >= 11 is 10.2. The Bertz CT molecular complexity index is 1260. The van der Waals surface area contributed by atoms with Gasteiger partial charge in [0.05, 0.1) is 17.0 Å². The largest absolute Gasteiger partial charge is 0.272 e. The minimum Gasteiger partial charge on any atom is -0.272 e. The molecule has 1 aromatic heterocycles. The number of carbonyl (C=O) groups is 1. The first-order valence-corrected chi connectivity index (χ1v) is 12.6. The van der Waals surface area contributed by atoms with E-state index in [4.69, 9.17) is 11.6 Å². The minimum atomic E-state index is -0.507. The number of benzene rings is 3. The quantitative estimate of drug-likeness (QED) is 0.181. The zero-order chi connectivity index (χ0) is 22.3. The maximum Gasteiger partial charge on any atom is 0.250 e. The normalized spacial score (nSPS) is 11.3. The van der Waals surface area contributed by atoms with Gasteiger partial charge in [0.1, 0.15) is 5.82 Å². The molecule has 0 atom stereocenters. The molecule has 0 radical (unpaired) electrons. The van der Waals surface area contributed by atoms with E-state index >= 15 is 0 Å². The van der Waals surface area contributed by atoms with Crippen LogP contribution in [0.5, 0.6) is 0 Å². The van der Waals surface area contributed by atoms with Crippen LogP contribution in [0.2, 0.25) is 5.02 Å². The zero-order valence-electron chi connectivity index (χ0n) is 16.5. The van der Waals surface area contributed by atoms with Gasteiger partial charge >= 0.3 is 0 Å². The monoisotopic (exact) mass is 502 g/mol. The van der Waals surface area contributed by atoms with Crippen LogP contribution in [-0.2, 0) is 10.5 Å². The molecule has 32 heavy (non-hydrogen) atoms. The van der Waals surface area contributed by atoms with Gasteiger partial charge in [0, 0.05) is 11.3 Å². The molecule has 162 valence electrons. The fraction of sp³-hybridized carbons (Fsp3) is 0.0909. The fourth-order valence-electron chi connectivity index (χ4n) is 2.83. The summed E-state index contributed by atoms with van der Waals surface area (Å²) < 4.78 is 15.2. The van der Waals surface area contributed by atoms with Crippen LogP contribution >= 0.6 is 46.5 Å². The van der Waals surface area contributed by atoms with E-state index in [9.17, 15) is 9.18 Å². The van der Waals surface area contributed by atoms with E-state index in [1.54, 1.807) is 17.8 Å². The Morgan fingerprint density at radius 3 is 2.66 bits per heavy atom. The number of rotatable bonds is 8. The lowest BCUT2D eigenvalue weighted by Gasteiger charge is -2.04. The second kappa shape index (κ2) is 10.9. The summed E-state index contributed by atoms with van der Waals surface area (Å²) in [5.74, 6) is 0.0607. The summed E-state index contributed by atoms with van der Waals surface area (Å²) in [7, 11) is 0. The molecule has 4 aromatic rings. The standard InChI is InChI=1S/C22H16ClFN4OS3/c23-18-9-4-10-19(24)17(18)11-25-26-20(29)13-31-22-28-27-21(32-22)30-12-15-7-3-6-14-5-1-2-8-16(14)15/h1-11H,12-13H2,(H,26,29)/b25-11+. The van der Waals surface area contributed by atoms with Gasteiger partial charge in [-0.3, -0.25) is 4.79 Å². The molecule has 0 spiro atoms. The van der Waals surface area contributed by atoms with Gasteiger partial charge in [-0.05, 0) is 28.5 Å². The first-order valence-electron chi connectivity index (χ1n) is 9.42. The summed E-state index contributed by atoms with van der Waals surface area (Å²) in [4.78, 5) is 12.0. The summed E-state index contributed by atoms with van der Waals surface area (Å²) in [6, 6.07) is 18.9. The van der Waals surface area contributed by atoms with Gasteiger partial charge in [-0.2, -0.15) is 5.10 Å². The number of halogens is 2. The van der Waals surface area contributed by atoms with Crippen LogP contribution in [-0.4, -0.2) is 28.1 Å². The number of hydrazone groups is 1. The number of fused-ring (bicyclic) bond motifs is 1. The molecule has 0 saturated heterocycles. The van der Waals surface area contributed by atoms with E-state index in [2.05, 4.69) is 51.1 Å². The van der Waals surface area contributed by atoms with Gasteiger partial charge in [-0.1, -0.05) is 95.0 Å². The van der Waals surface area contributed by atoms with E-state index < -0.39 is 5.82 Å². The topological polar surface area (TPSA) is 67.2 Å². The van der Waals surface area contributed by atoms with Crippen molar-refractivity contribution in [3.63, 3.8) is 0 Å². The van der Waals surface area contributed by atoms with Gasteiger partial charge in [0.2, 0.25) is 0 Å². The van der Waals surface area contributed by atoms with E-state index in [0.717, 1.165) is 10.1 Å². The highest BCUT2D eigenvalue weighted by Gasteiger charge is 2.10. The van der Waals surface area contributed by atoms with Crippen molar-refractivity contribution in [2.45, 2.75) is 14.4 Å². The predicted octanol–water partition coefficient (Wildman–Crippen LogP) is 6.02. The number of hydrogen-bond donors (Lipinski definition) is 1. The number of hydrogen-bond acceptors (Lipinski definition) is 7. The van der Waals surface area contributed by atoms with E-state index in [1.807, 2.05) is 12.1 Å². The molecule has 0 saturated carbocycles. The van der Waals surface area contributed by atoms with Gasteiger partial charge in [0.15, 0.2) is 8.68 Å². The molecule has 1 amide bonds. The Morgan fingerprint density at radius 1 is 1.06 bits per heavy atom. The second-order valence-electron chi connectivity index (χ2n) is 6.48. The summed E-state index contributed by atoms with van der Waals surface area (Å²) in [5.41, 5.74) is 3.73. The maximum absolute atomic E-state index is 13.7. The van der Waals surface area contributed by atoms with Crippen LogP contribution in [0, 0.1) is 5.82 Å². The van der Waals surface area contributed by atoms with Crippen molar-refractivity contribution in [1.82, 2.24) is 15.6 Å². The van der Waals surface area contributed by atoms with Crippen LogP contribution < -0.4 is 5.43 Å². The van der Waals surface area contributed by atoms with Crippen molar-refractivity contribution in [1.29, 1.82) is 0 Å². The molecule has 5 nitrogen and oxygen atoms in total. The number of thioether (sulfide) groups is 2. The van der Waals surface area contributed by atoms with Crippen LogP contribution in [0.25, 0.3) is 10.8 Å². The molecule has 0 aliphatic heterocycles. The highest BCUT2D eigenvalue weighted by Crippen LogP contribution is 2.32. The second-order valence-corrected chi connectivity index (χ2v) is 10.3. The lowest BCUT2D eigenvalue weighted by atomic mass is 10.1. The van der Waals surface area contributed by atoms with Crippen molar-refractivity contribution in [3.05, 3.63) is 82.6 Å². The maximum atomic E-state index is 13.7. The Hall–Kier alpha value is -2.46. The fourth-order valence-corrected chi connectivity index (χ4v) is 5.86. The zero-order valence-corrected chi connectivity index (χ0v) is 19.7. The van der Waals surface area contributed by atoms with Crippen molar-refractivity contribution < 1.29 is 9.18 Å². The minimum absolute atomic E-state index is 0.116. The number of carbonyl (C=O) groups excluding carboxylic acids is 1. The molecule has 1 heterocycles. The third-order valence-electron chi connectivity index (χ3n) is 4.33. The van der Waals surface area contributed by atoms with Crippen LogP contribution in [0.3, 0.4) is 0 Å². The molecule has 0 unspecified atom stereocenters. The summed E-state index contributed by atoms with van der Waals surface area (Å²) in [6.45, 7) is 0. The molecule has 4 rings (SSSR count). The summed E-state index contributed by atoms with van der Waals surface area (Å²) in [5, 5.41) is 14.8. The van der Waals surface area contributed by atoms with Gasteiger partial charge < -0.3 is 0 Å². The van der Waals surface area contributed by atoms with Gasteiger partial charge in [-0.15, -0.1) is 10.2 Å². The molecule has 0 fully saturated rings. The Labute approximate surface area is 201 Å². The lowest BCUT2D eigenvalue weighted by molar-refractivity contribution is -0.118. The van der Waals surface area contributed by atoms with Crippen LogP contribution in [0.1, 0.15) is 11.1 Å². The van der Waals surface area contributed by atoms with Crippen molar-refractivity contribution in [3.8, 4) is 0 Å². The molecule has 0 aliphatic rings. The highest BCUT2D eigenvalue weighted by atomic mass is 35.5. The van der Waals surface area contributed by atoms with Crippen molar-refractivity contribution in [2.75, 3.05) is 5.75 Å². The van der Waals surface area contributed by atoms with Crippen molar-refractivity contribution >= 4 is 69.4 Å². The first kappa shape index (κ1) is 22.7. The molecule has 3 aromatic carbocycles. The van der Waals surface area contributed by atoms with Crippen LogP contribution in [0.4, 0.5) is 4.39 Å². The third kappa shape index (κ3) is 5.86. The highest BCUT2D eigenvalue weighted by molar-refractivity contribution is 8.03. The van der Waals surface area contributed by atoms with E-state index in [1.165, 1.54) is 57.8 Å². The number of amides is 1. The third-order valence-corrected chi connectivity index (χ3v) is 7.90. The average Bonchev–Trinajstić information content (AvgIpc) is 3.26. The molecule has 0 aliphatic carbocycles. The Morgan fingerprint density at radius 2 is 1.81 bits per heavy atom.